The number of alkyl halides is 1. The number of thiophene rings is 1. The molecule has 4 heteroatoms. The highest BCUT2D eigenvalue weighted by Gasteiger charge is 2.07. The van der Waals surface area contributed by atoms with Gasteiger partial charge in [0.25, 0.3) is 0 Å². The molecule has 1 nitrogen and oxygen atoms in total. The van der Waals surface area contributed by atoms with Gasteiger partial charge >= 0.3 is 0 Å². The Morgan fingerprint density at radius 3 is 2.79 bits per heavy atom. The lowest BCUT2D eigenvalue weighted by Gasteiger charge is -1.97. The summed E-state index contributed by atoms with van der Waals surface area (Å²) >= 11 is 7.02. The van der Waals surface area contributed by atoms with Crippen molar-refractivity contribution in [1.29, 1.82) is 0 Å². The lowest BCUT2D eigenvalue weighted by atomic mass is 10.1. The number of aliphatic hydroxyl groups is 1. The van der Waals surface area contributed by atoms with E-state index in [1.54, 1.807) is 6.07 Å². The van der Waals surface area contributed by atoms with Gasteiger partial charge in [0.05, 0.1) is 17.2 Å². The maximum atomic E-state index is 13.4. The summed E-state index contributed by atoms with van der Waals surface area (Å²) in [6.45, 7) is -0.140. The van der Waals surface area contributed by atoms with Crippen molar-refractivity contribution in [3.8, 4) is 0 Å². The number of hydrogen-bond donors (Lipinski definition) is 1. The van der Waals surface area contributed by atoms with E-state index >= 15 is 0 Å². The average Bonchev–Trinajstić information content (AvgIpc) is 2.61. The van der Waals surface area contributed by atoms with Crippen LogP contribution in [0.4, 0.5) is 4.39 Å². The molecular formula is C10H8ClFOS. The molecule has 0 bridgehead atoms. The summed E-state index contributed by atoms with van der Waals surface area (Å²) < 4.78 is 14.0. The van der Waals surface area contributed by atoms with Gasteiger partial charge in [-0.3, -0.25) is 0 Å². The quantitative estimate of drug-likeness (QED) is 0.786. The molecule has 0 saturated carbocycles. The largest absolute Gasteiger partial charge is 0.392 e. The van der Waals surface area contributed by atoms with E-state index in [1.165, 1.54) is 17.4 Å². The predicted molar refractivity (Wildman–Crippen MR) is 57.3 cm³/mol. The molecule has 1 aromatic carbocycles. The molecule has 0 fully saturated rings. The van der Waals surface area contributed by atoms with E-state index in [2.05, 4.69) is 0 Å². The molecule has 1 aromatic heterocycles. The van der Waals surface area contributed by atoms with Gasteiger partial charge in [0, 0.05) is 4.88 Å². The van der Waals surface area contributed by atoms with Crippen molar-refractivity contribution < 1.29 is 9.50 Å². The van der Waals surface area contributed by atoms with Crippen LogP contribution in [0.25, 0.3) is 10.1 Å². The molecule has 0 spiro atoms. The third-order valence-corrected chi connectivity index (χ3v) is 3.60. The van der Waals surface area contributed by atoms with Gasteiger partial charge in [-0.05, 0) is 29.1 Å². The summed E-state index contributed by atoms with van der Waals surface area (Å²) in [5.41, 5.74) is 0.592. The Balaban J connectivity index is 2.67. The van der Waals surface area contributed by atoms with Gasteiger partial charge in [-0.1, -0.05) is 0 Å². The minimum absolute atomic E-state index is 0.140. The Hall–Kier alpha value is -0.640. The fraction of sp³-hybridized carbons (Fsp3) is 0.200. The molecule has 0 saturated heterocycles. The number of benzene rings is 1. The first kappa shape index (κ1) is 9.90. The number of hydrogen-bond acceptors (Lipinski definition) is 2. The second kappa shape index (κ2) is 3.85. The van der Waals surface area contributed by atoms with Crippen molar-refractivity contribution in [3.63, 3.8) is 0 Å². The number of fused-ring (bicyclic) bond motifs is 1. The van der Waals surface area contributed by atoms with Crippen LogP contribution in [-0.4, -0.2) is 5.11 Å². The maximum absolute atomic E-state index is 13.4. The lowest BCUT2D eigenvalue weighted by molar-refractivity contribution is 0.281. The molecule has 0 amide bonds. The maximum Gasteiger partial charge on any atom is 0.141 e. The van der Waals surface area contributed by atoms with Crippen LogP contribution in [0, 0.1) is 5.82 Å². The fourth-order valence-corrected chi connectivity index (χ4v) is 2.51. The Labute approximate surface area is 89.7 Å². The fourth-order valence-electron chi connectivity index (χ4n) is 1.38. The Bertz CT molecular complexity index is 466. The summed E-state index contributed by atoms with van der Waals surface area (Å²) in [4.78, 5) is 0.940. The summed E-state index contributed by atoms with van der Waals surface area (Å²) in [5, 5.41) is 9.71. The van der Waals surface area contributed by atoms with Gasteiger partial charge < -0.3 is 5.11 Å². The molecule has 1 heterocycles. The minimum atomic E-state index is -0.284. The summed E-state index contributed by atoms with van der Waals surface area (Å²) in [5.74, 6) is 0.112. The Kier molecular flexibility index (Phi) is 2.72. The van der Waals surface area contributed by atoms with Gasteiger partial charge in [-0.15, -0.1) is 22.9 Å². The van der Waals surface area contributed by atoms with Gasteiger partial charge in [0.1, 0.15) is 5.82 Å². The normalized spacial score (nSPS) is 11.1. The molecule has 0 unspecified atom stereocenters. The summed E-state index contributed by atoms with van der Waals surface area (Å²) in [6, 6.07) is 5.00. The SMILES string of the molecule is OCc1cc(F)c2sc(CCl)cc2c1. The van der Waals surface area contributed by atoms with E-state index in [0.29, 0.717) is 16.1 Å². The van der Waals surface area contributed by atoms with Crippen molar-refractivity contribution in [1.82, 2.24) is 0 Å². The van der Waals surface area contributed by atoms with E-state index in [1.807, 2.05) is 6.07 Å². The predicted octanol–water partition coefficient (Wildman–Crippen LogP) is 3.27. The zero-order chi connectivity index (χ0) is 10.1. The molecule has 2 rings (SSSR count). The van der Waals surface area contributed by atoms with Crippen LogP contribution in [-0.2, 0) is 12.5 Å². The zero-order valence-corrected chi connectivity index (χ0v) is 8.83. The van der Waals surface area contributed by atoms with Crippen molar-refractivity contribution in [2.24, 2.45) is 0 Å². The molecular weight excluding hydrogens is 223 g/mol. The molecule has 2 aromatic rings. The van der Waals surface area contributed by atoms with Crippen LogP contribution < -0.4 is 0 Å². The topological polar surface area (TPSA) is 20.2 Å². The highest BCUT2D eigenvalue weighted by Crippen LogP contribution is 2.30. The summed E-state index contributed by atoms with van der Waals surface area (Å²) in [7, 11) is 0. The molecule has 0 aliphatic carbocycles. The molecule has 14 heavy (non-hydrogen) atoms. The third kappa shape index (κ3) is 1.63. The zero-order valence-electron chi connectivity index (χ0n) is 7.26. The lowest BCUT2D eigenvalue weighted by Crippen LogP contribution is -1.84. The Morgan fingerprint density at radius 2 is 2.14 bits per heavy atom. The van der Waals surface area contributed by atoms with E-state index < -0.39 is 0 Å². The van der Waals surface area contributed by atoms with Crippen LogP contribution in [0.2, 0.25) is 0 Å². The van der Waals surface area contributed by atoms with Crippen molar-refractivity contribution in [3.05, 3.63) is 34.5 Å². The van der Waals surface area contributed by atoms with Crippen LogP contribution in [0.1, 0.15) is 10.4 Å². The van der Waals surface area contributed by atoms with Crippen LogP contribution in [0.15, 0.2) is 18.2 Å². The summed E-state index contributed by atoms with van der Waals surface area (Å²) in [6.07, 6.45) is 0. The molecule has 0 radical (unpaired) electrons. The Morgan fingerprint density at radius 1 is 1.36 bits per heavy atom. The van der Waals surface area contributed by atoms with Crippen LogP contribution in [0.3, 0.4) is 0 Å². The highest BCUT2D eigenvalue weighted by atomic mass is 35.5. The first-order valence-corrected chi connectivity index (χ1v) is 5.47. The van der Waals surface area contributed by atoms with Gasteiger partial charge in [0.15, 0.2) is 0 Å². The number of rotatable bonds is 2. The minimum Gasteiger partial charge on any atom is -0.392 e. The van der Waals surface area contributed by atoms with Crippen molar-refractivity contribution >= 4 is 33.0 Å². The van der Waals surface area contributed by atoms with Gasteiger partial charge in [-0.2, -0.15) is 0 Å². The smallest absolute Gasteiger partial charge is 0.141 e. The number of aliphatic hydroxyl groups excluding tert-OH is 1. The molecule has 0 aliphatic rings. The van der Waals surface area contributed by atoms with Crippen LogP contribution in [0.5, 0.6) is 0 Å². The van der Waals surface area contributed by atoms with Crippen molar-refractivity contribution in [2.75, 3.05) is 0 Å². The second-order valence-electron chi connectivity index (χ2n) is 3.00. The van der Waals surface area contributed by atoms with Gasteiger partial charge in [0.2, 0.25) is 0 Å². The monoisotopic (exact) mass is 230 g/mol. The molecule has 0 aliphatic heterocycles. The molecule has 1 N–H and O–H groups in total. The second-order valence-corrected chi connectivity index (χ2v) is 4.40. The van der Waals surface area contributed by atoms with E-state index in [4.69, 9.17) is 16.7 Å². The van der Waals surface area contributed by atoms with Crippen molar-refractivity contribution in [2.45, 2.75) is 12.5 Å². The molecule has 0 atom stereocenters. The average molecular weight is 231 g/mol. The third-order valence-electron chi connectivity index (χ3n) is 2.00. The van der Waals surface area contributed by atoms with E-state index in [9.17, 15) is 4.39 Å². The first-order chi connectivity index (χ1) is 6.74. The van der Waals surface area contributed by atoms with Gasteiger partial charge in [-0.25, -0.2) is 4.39 Å². The highest BCUT2D eigenvalue weighted by molar-refractivity contribution is 7.19. The van der Waals surface area contributed by atoms with E-state index in [0.717, 1.165) is 10.3 Å². The molecule has 74 valence electrons. The van der Waals surface area contributed by atoms with E-state index in [-0.39, 0.29) is 12.4 Å². The standard InChI is InChI=1S/C10H8ClFOS/c11-4-8-3-7-1-6(5-13)2-9(12)10(7)14-8/h1-3,13H,4-5H2. The van der Waals surface area contributed by atoms with Crippen LogP contribution >= 0.6 is 22.9 Å². The first-order valence-electron chi connectivity index (χ1n) is 4.12. The number of halogens is 2.